The first kappa shape index (κ1) is 19.0. The molecule has 0 radical (unpaired) electrons. The van der Waals surface area contributed by atoms with Crippen LogP contribution < -0.4 is 0 Å². The molecule has 1 fully saturated rings. The highest BCUT2D eigenvalue weighted by Gasteiger charge is 2.63. The third kappa shape index (κ3) is 2.44. The summed E-state index contributed by atoms with van der Waals surface area (Å²) in [7, 11) is 1.31. The lowest BCUT2D eigenvalue weighted by Crippen LogP contribution is -2.47. The van der Waals surface area contributed by atoms with Gasteiger partial charge in [-0.25, -0.2) is 4.79 Å². The van der Waals surface area contributed by atoms with Crippen LogP contribution in [0.4, 0.5) is 0 Å². The first-order valence-corrected chi connectivity index (χ1v) is 10.6. The second-order valence-corrected chi connectivity index (χ2v) is 8.98. The van der Waals surface area contributed by atoms with Crippen molar-refractivity contribution in [1.29, 1.82) is 0 Å². The summed E-state index contributed by atoms with van der Waals surface area (Å²) >= 11 is 0. The minimum Gasteiger partial charge on any atom is -0.467 e. The quantitative estimate of drug-likeness (QED) is 0.579. The minimum absolute atomic E-state index is 0.142. The van der Waals surface area contributed by atoms with Gasteiger partial charge in [0.15, 0.2) is 0 Å². The van der Waals surface area contributed by atoms with Gasteiger partial charge >= 0.3 is 5.97 Å². The summed E-state index contributed by atoms with van der Waals surface area (Å²) in [6, 6.07) is 15.4. The van der Waals surface area contributed by atoms with Gasteiger partial charge in [-0.2, -0.15) is 0 Å². The fourth-order valence-electron chi connectivity index (χ4n) is 5.90. The summed E-state index contributed by atoms with van der Waals surface area (Å²) in [5, 5.41) is 0. The first-order valence-electron chi connectivity index (χ1n) is 10.6. The molecular weight excluding hydrogens is 378 g/mol. The van der Waals surface area contributed by atoms with Crippen molar-refractivity contribution < 1.29 is 19.1 Å². The summed E-state index contributed by atoms with van der Waals surface area (Å²) in [6.45, 7) is 3.95. The number of imide groups is 1. The van der Waals surface area contributed by atoms with E-state index in [0.717, 1.165) is 22.3 Å². The number of rotatable bonds is 4. The highest BCUT2D eigenvalue weighted by atomic mass is 16.5. The molecule has 6 rings (SSSR count). The number of carbonyl (C=O) groups is 3. The Hall–Kier alpha value is -2.95. The van der Waals surface area contributed by atoms with E-state index in [1.54, 1.807) is 0 Å². The standard InChI is InChI=1S/C25H25NO4/c1-13(2)12-18(25(29)30-3)26-23(27)21-19-14-8-4-5-9-15(14)20(22(21)24(26)28)17-11-7-6-10-16(17)19/h4-11,13,18-22H,12H2,1-3H3. The molecule has 3 aliphatic carbocycles. The molecule has 0 N–H and O–H groups in total. The molecule has 154 valence electrons. The molecule has 1 heterocycles. The van der Waals surface area contributed by atoms with E-state index in [1.807, 2.05) is 38.1 Å². The number of ether oxygens (including phenoxy) is 1. The molecule has 0 spiro atoms. The van der Waals surface area contributed by atoms with E-state index in [4.69, 9.17) is 4.74 Å². The number of esters is 1. The Morgan fingerprint density at radius 1 is 0.867 bits per heavy atom. The number of methoxy groups -OCH3 is 1. The van der Waals surface area contributed by atoms with Gasteiger partial charge in [-0.05, 0) is 34.6 Å². The molecule has 0 saturated carbocycles. The van der Waals surface area contributed by atoms with Crippen molar-refractivity contribution in [2.24, 2.45) is 17.8 Å². The topological polar surface area (TPSA) is 63.7 Å². The summed E-state index contributed by atoms with van der Waals surface area (Å²) < 4.78 is 4.98. The Labute approximate surface area is 176 Å². The molecule has 5 heteroatoms. The van der Waals surface area contributed by atoms with Crippen LogP contribution in [-0.2, 0) is 19.1 Å². The van der Waals surface area contributed by atoms with E-state index >= 15 is 0 Å². The molecular formula is C25H25NO4. The second-order valence-electron chi connectivity index (χ2n) is 8.98. The molecule has 3 atom stereocenters. The molecule has 2 aromatic carbocycles. The monoisotopic (exact) mass is 403 g/mol. The fraction of sp³-hybridized carbons (Fsp3) is 0.400. The van der Waals surface area contributed by atoms with Gasteiger partial charge in [0.1, 0.15) is 6.04 Å². The summed E-state index contributed by atoms with van der Waals surface area (Å²) in [5.74, 6) is -2.11. The Balaban J connectivity index is 1.66. The maximum Gasteiger partial charge on any atom is 0.329 e. The smallest absolute Gasteiger partial charge is 0.329 e. The van der Waals surface area contributed by atoms with Crippen molar-refractivity contribution in [3.63, 3.8) is 0 Å². The van der Waals surface area contributed by atoms with Crippen LogP contribution in [0.5, 0.6) is 0 Å². The Morgan fingerprint density at radius 3 is 1.60 bits per heavy atom. The van der Waals surface area contributed by atoms with Gasteiger partial charge in [0, 0.05) is 11.8 Å². The van der Waals surface area contributed by atoms with Gasteiger partial charge in [0.05, 0.1) is 18.9 Å². The summed E-state index contributed by atoms with van der Waals surface area (Å²) in [5.41, 5.74) is 4.51. The normalized spacial score (nSPS) is 27.0. The lowest BCUT2D eigenvalue weighted by molar-refractivity contribution is -0.157. The largest absolute Gasteiger partial charge is 0.467 e. The number of hydrogen-bond acceptors (Lipinski definition) is 4. The second kappa shape index (κ2) is 6.79. The lowest BCUT2D eigenvalue weighted by Gasteiger charge is -2.45. The van der Waals surface area contributed by atoms with Crippen LogP contribution in [-0.4, -0.2) is 35.8 Å². The van der Waals surface area contributed by atoms with E-state index in [-0.39, 0.29) is 29.6 Å². The molecule has 1 aliphatic heterocycles. The highest BCUT2D eigenvalue weighted by molar-refractivity contribution is 6.10. The third-order valence-electron chi connectivity index (χ3n) is 6.96. The van der Waals surface area contributed by atoms with Gasteiger partial charge in [-0.15, -0.1) is 0 Å². The predicted molar refractivity (Wildman–Crippen MR) is 111 cm³/mol. The van der Waals surface area contributed by atoms with Crippen molar-refractivity contribution in [2.45, 2.75) is 38.1 Å². The zero-order valence-electron chi connectivity index (χ0n) is 17.4. The van der Waals surface area contributed by atoms with Gasteiger partial charge in [-0.3, -0.25) is 14.5 Å². The number of carbonyl (C=O) groups excluding carboxylic acids is 3. The summed E-state index contributed by atoms with van der Waals surface area (Å²) in [6.07, 6.45) is 0.402. The van der Waals surface area contributed by atoms with Gasteiger partial charge < -0.3 is 4.74 Å². The van der Waals surface area contributed by atoms with Gasteiger partial charge in [0.2, 0.25) is 11.8 Å². The molecule has 3 unspecified atom stereocenters. The molecule has 4 aliphatic rings. The third-order valence-corrected chi connectivity index (χ3v) is 6.96. The summed E-state index contributed by atoms with van der Waals surface area (Å²) in [4.78, 5) is 41.2. The van der Waals surface area contributed by atoms with Crippen LogP contribution in [0.25, 0.3) is 0 Å². The van der Waals surface area contributed by atoms with Crippen LogP contribution in [0, 0.1) is 17.8 Å². The lowest BCUT2D eigenvalue weighted by atomic mass is 9.55. The average molecular weight is 403 g/mol. The number of nitrogens with zero attached hydrogens (tertiary/aromatic N) is 1. The molecule has 5 nitrogen and oxygen atoms in total. The van der Waals surface area contributed by atoms with Crippen LogP contribution in [0.2, 0.25) is 0 Å². The maximum atomic E-state index is 13.7. The molecule has 30 heavy (non-hydrogen) atoms. The van der Waals surface area contributed by atoms with Crippen molar-refractivity contribution >= 4 is 17.8 Å². The van der Waals surface area contributed by atoms with Crippen molar-refractivity contribution in [2.75, 3.05) is 7.11 Å². The molecule has 2 bridgehead atoms. The van der Waals surface area contributed by atoms with E-state index in [1.165, 1.54) is 12.0 Å². The van der Waals surface area contributed by atoms with Gasteiger partial charge in [0.25, 0.3) is 0 Å². The van der Waals surface area contributed by atoms with Crippen LogP contribution in [0.3, 0.4) is 0 Å². The van der Waals surface area contributed by atoms with Crippen molar-refractivity contribution in [3.05, 3.63) is 70.8 Å². The van der Waals surface area contributed by atoms with Gasteiger partial charge in [-0.1, -0.05) is 62.4 Å². The molecule has 2 aromatic rings. The Kier molecular flexibility index (Phi) is 4.31. The fourth-order valence-corrected chi connectivity index (χ4v) is 5.90. The number of benzene rings is 2. The predicted octanol–water partition coefficient (Wildman–Crippen LogP) is 3.47. The SMILES string of the molecule is COC(=O)C(CC(C)C)N1C(=O)C2C3c4ccccc4C(c4ccccc43)C2C1=O. The number of amides is 2. The first-order chi connectivity index (χ1) is 14.5. The molecule has 1 saturated heterocycles. The zero-order chi connectivity index (χ0) is 21.2. The maximum absolute atomic E-state index is 13.7. The minimum atomic E-state index is -0.869. The van der Waals surface area contributed by atoms with E-state index < -0.39 is 23.8 Å². The Bertz CT molecular complexity index is 943. The highest BCUT2D eigenvalue weighted by Crippen LogP contribution is 2.61. The van der Waals surface area contributed by atoms with E-state index in [2.05, 4.69) is 24.3 Å². The van der Waals surface area contributed by atoms with E-state index in [0.29, 0.717) is 6.42 Å². The van der Waals surface area contributed by atoms with Crippen molar-refractivity contribution in [1.82, 2.24) is 4.90 Å². The number of hydrogen-bond donors (Lipinski definition) is 0. The van der Waals surface area contributed by atoms with Crippen molar-refractivity contribution in [3.8, 4) is 0 Å². The average Bonchev–Trinajstić information content (AvgIpc) is 3.02. The van der Waals surface area contributed by atoms with Crippen LogP contribution in [0.15, 0.2) is 48.5 Å². The van der Waals surface area contributed by atoms with Crippen LogP contribution >= 0.6 is 0 Å². The Morgan fingerprint density at radius 2 is 1.27 bits per heavy atom. The molecule has 2 amide bonds. The van der Waals surface area contributed by atoms with E-state index in [9.17, 15) is 14.4 Å². The van der Waals surface area contributed by atoms with Crippen LogP contribution in [0.1, 0.15) is 54.4 Å². The number of likely N-dealkylation sites (tertiary alicyclic amines) is 1. The zero-order valence-corrected chi connectivity index (χ0v) is 17.4. The molecule has 0 aromatic heterocycles.